The first kappa shape index (κ1) is 16.2. The Balaban J connectivity index is 3.60. The van der Waals surface area contributed by atoms with Crippen LogP contribution in [0.1, 0.15) is 48.4 Å². The summed E-state index contributed by atoms with van der Waals surface area (Å²) in [5.74, 6) is 0.177. The van der Waals surface area contributed by atoms with E-state index in [0.717, 1.165) is 0 Å². The Morgan fingerprint density at radius 1 is 0.900 bits per heavy atom. The molecule has 0 aliphatic carbocycles. The normalized spacial score (nSPS) is 10.8. The molecule has 0 aromatic heterocycles. The fourth-order valence-corrected chi connectivity index (χ4v) is 1.98. The molecule has 0 atom stereocenters. The van der Waals surface area contributed by atoms with Crippen LogP contribution in [0.15, 0.2) is 12.1 Å². The smallest absolute Gasteiger partial charge is 0.172 e. The van der Waals surface area contributed by atoms with E-state index in [4.69, 9.17) is 9.47 Å². The summed E-state index contributed by atoms with van der Waals surface area (Å²) in [4.78, 5) is 24.8. The largest absolute Gasteiger partial charge is 0.493 e. The van der Waals surface area contributed by atoms with Crippen molar-refractivity contribution in [3.63, 3.8) is 0 Å². The summed E-state index contributed by atoms with van der Waals surface area (Å²) < 4.78 is 10.5. The Bertz CT molecular complexity index is 515. The van der Waals surface area contributed by atoms with Crippen molar-refractivity contribution in [2.75, 3.05) is 14.2 Å². The van der Waals surface area contributed by atoms with E-state index in [1.54, 1.807) is 26.0 Å². The lowest BCUT2D eigenvalue weighted by atomic mass is 9.90. The zero-order chi connectivity index (χ0) is 15.4. The first-order valence-electron chi connectivity index (χ1n) is 6.68. The third kappa shape index (κ3) is 3.00. The zero-order valence-corrected chi connectivity index (χ0v) is 12.9. The second kappa shape index (κ2) is 6.55. The molecule has 1 rings (SSSR count). The summed E-state index contributed by atoms with van der Waals surface area (Å²) in [6, 6.07) is 3.30. The number of hydrogen-bond donors (Lipinski definition) is 0. The van der Waals surface area contributed by atoms with Gasteiger partial charge in [-0.1, -0.05) is 27.7 Å². The maximum atomic E-state index is 12.5. The van der Waals surface area contributed by atoms with E-state index in [1.807, 2.05) is 13.8 Å². The van der Waals surface area contributed by atoms with Crippen LogP contribution in [0, 0.1) is 11.8 Å². The van der Waals surface area contributed by atoms with Crippen molar-refractivity contribution in [2.24, 2.45) is 11.8 Å². The molecule has 0 saturated heterocycles. The van der Waals surface area contributed by atoms with Crippen LogP contribution in [0.4, 0.5) is 0 Å². The summed E-state index contributed by atoms with van der Waals surface area (Å²) in [6.45, 7) is 7.21. The molecular weight excluding hydrogens is 256 g/mol. The molecule has 20 heavy (non-hydrogen) atoms. The van der Waals surface area contributed by atoms with Crippen molar-refractivity contribution < 1.29 is 19.1 Å². The van der Waals surface area contributed by atoms with Crippen LogP contribution in [0.25, 0.3) is 0 Å². The third-order valence-electron chi connectivity index (χ3n) is 3.11. The van der Waals surface area contributed by atoms with Crippen molar-refractivity contribution in [2.45, 2.75) is 27.7 Å². The SMILES string of the molecule is COc1ccc(C(=O)C(C)C)c(C(=O)C(C)C)c1OC. The van der Waals surface area contributed by atoms with Crippen LogP contribution in [0.5, 0.6) is 11.5 Å². The number of carbonyl (C=O) groups excluding carboxylic acids is 2. The second-order valence-corrected chi connectivity index (χ2v) is 5.26. The lowest BCUT2D eigenvalue weighted by molar-refractivity contribution is 0.0902. The number of ketones is 2. The Hall–Kier alpha value is -1.84. The van der Waals surface area contributed by atoms with Crippen molar-refractivity contribution >= 4 is 11.6 Å². The molecule has 0 N–H and O–H groups in total. The number of Topliss-reactive ketones (excluding diaryl/α,β-unsaturated/α-hetero) is 2. The number of carbonyl (C=O) groups is 2. The van der Waals surface area contributed by atoms with Crippen molar-refractivity contribution in [1.82, 2.24) is 0 Å². The predicted molar refractivity (Wildman–Crippen MR) is 77.9 cm³/mol. The molecule has 4 nitrogen and oxygen atoms in total. The monoisotopic (exact) mass is 278 g/mol. The van der Waals surface area contributed by atoms with Crippen molar-refractivity contribution in [1.29, 1.82) is 0 Å². The van der Waals surface area contributed by atoms with Gasteiger partial charge in [-0.15, -0.1) is 0 Å². The molecule has 1 aromatic carbocycles. The second-order valence-electron chi connectivity index (χ2n) is 5.26. The molecule has 0 radical (unpaired) electrons. The van der Waals surface area contributed by atoms with E-state index in [9.17, 15) is 9.59 Å². The van der Waals surface area contributed by atoms with Crippen LogP contribution < -0.4 is 9.47 Å². The summed E-state index contributed by atoms with van der Waals surface area (Å²) >= 11 is 0. The number of hydrogen-bond acceptors (Lipinski definition) is 4. The Kier molecular flexibility index (Phi) is 5.31. The summed E-state index contributed by atoms with van der Waals surface area (Å²) in [5, 5.41) is 0. The highest BCUT2D eigenvalue weighted by Gasteiger charge is 2.27. The van der Waals surface area contributed by atoms with E-state index < -0.39 is 0 Å². The van der Waals surface area contributed by atoms with Gasteiger partial charge in [0.25, 0.3) is 0 Å². The highest BCUT2D eigenvalue weighted by atomic mass is 16.5. The fourth-order valence-electron chi connectivity index (χ4n) is 1.98. The Morgan fingerprint density at radius 2 is 1.45 bits per heavy atom. The van der Waals surface area contributed by atoms with E-state index in [1.165, 1.54) is 14.2 Å². The van der Waals surface area contributed by atoms with Gasteiger partial charge in [-0.05, 0) is 12.1 Å². The van der Waals surface area contributed by atoms with Gasteiger partial charge in [-0.25, -0.2) is 0 Å². The Morgan fingerprint density at radius 3 is 1.85 bits per heavy atom. The van der Waals surface area contributed by atoms with Gasteiger partial charge < -0.3 is 9.47 Å². The van der Waals surface area contributed by atoms with Gasteiger partial charge in [0, 0.05) is 17.4 Å². The average molecular weight is 278 g/mol. The molecular formula is C16H22O4. The van der Waals surface area contributed by atoms with Crippen LogP contribution in [0.3, 0.4) is 0 Å². The minimum atomic E-state index is -0.227. The zero-order valence-electron chi connectivity index (χ0n) is 12.9. The lowest BCUT2D eigenvalue weighted by Crippen LogP contribution is -2.18. The lowest BCUT2D eigenvalue weighted by Gasteiger charge is -2.17. The highest BCUT2D eigenvalue weighted by molar-refractivity contribution is 6.12. The highest BCUT2D eigenvalue weighted by Crippen LogP contribution is 2.35. The van der Waals surface area contributed by atoms with Gasteiger partial charge in [0.05, 0.1) is 19.8 Å². The maximum absolute atomic E-state index is 12.5. The molecule has 0 aliphatic rings. The fraction of sp³-hybridized carbons (Fsp3) is 0.500. The molecule has 0 fully saturated rings. The molecule has 0 saturated carbocycles. The summed E-state index contributed by atoms with van der Waals surface area (Å²) in [6.07, 6.45) is 0. The first-order chi connectivity index (χ1) is 9.34. The maximum Gasteiger partial charge on any atom is 0.172 e. The third-order valence-corrected chi connectivity index (χ3v) is 3.11. The average Bonchev–Trinajstić information content (AvgIpc) is 2.43. The molecule has 0 unspecified atom stereocenters. The molecule has 4 heteroatoms. The number of rotatable bonds is 6. The van der Waals surface area contributed by atoms with Crippen molar-refractivity contribution in [3.8, 4) is 11.5 Å². The van der Waals surface area contributed by atoms with E-state index >= 15 is 0 Å². The molecule has 1 aromatic rings. The minimum Gasteiger partial charge on any atom is -0.493 e. The summed E-state index contributed by atoms with van der Waals surface area (Å²) in [5.41, 5.74) is 0.719. The Labute approximate surface area is 120 Å². The topological polar surface area (TPSA) is 52.6 Å². The first-order valence-corrected chi connectivity index (χ1v) is 6.68. The predicted octanol–water partition coefficient (Wildman–Crippen LogP) is 3.38. The minimum absolute atomic E-state index is 0.0741. The van der Waals surface area contributed by atoms with Gasteiger partial charge >= 0.3 is 0 Å². The molecule has 0 bridgehead atoms. The number of methoxy groups -OCH3 is 2. The standard InChI is InChI=1S/C16H22O4/c1-9(2)14(17)11-7-8-12(19-5)16(20-6)13(11)15(18)10(3)4/h7-10H,1-6H3. The van der Waals surface area contributed by atoms with Gasteiger partial charge in [0.15, 0.2) is 23.1 Å². The van der Waals surface area contributed by atoms with Gasteiger partial charge in [0.1, 0.15) is 0 Å². The van der Waals surface area contributed by atoms with E-state index in [2.05, 4.69) is 0 Å². The molecule has 0 aliphatic heterocycles. The quantitative estimate of drug-likeness (QED) is 0.748. The molecule has 110 valence electrons. The van der Waals surface area contributed by atoms with Crippen LogP contribution in [-0.4, -0.2) is 25.8 Å². The van der Waals surface area contributed by atoms with E-state index in [-0.39, 0.29) is 23.4 Å². The van der Waals surface area contributed by atoms with Crippen LogP contribution in [-0.2, 0) is 0 Å². The van der Waals surface area contributed by atoms with Gasteiger partial charge in [-0.3, -0.25) is 9.59 Å². The molecule has 0 amide bonds. The van der Waals surface area contributed by atoms with Crippen LogP contribution in [0.2, 0.25) is 0 Å². The molecule has 0 heterocycles. The van der Waals surface area contributed by atoms with Crippen molar-refractivity contribution in [3.05, 3.63) is 23.3 Å². The summed E-state index contributed by atoms with van der Waals surface area (Å²) in [7, 11) is 2.98. The number of ether oxygens (including phenoxy) is 2. The number of benzene rings is 1. The van der Waals surface area contributed by atoms with Gasteiger partial charge in [0.2, 0.25) is 0 Å². The van der Waals surface area contributed by atoms with Gasteiger partial charge in [-0.2, -0.15) is 0 Å². The molecule has 0 spiro atoms. The van der Waals surface area contributed by atoms with E-state index in [0.29, 0.717) is 22.6 Å². The van der Waals surface area contributed by atoms with Crippen LogP contribution >= 0.6 is 0 Å².